The van der Waals surface area contributed by atoms with Gasteiger partial charge >= 0.3 is 0 Å². The van der Waals surface area contributed by atoms with Gasteiger partial charge in [-0.1, -0.05) is 170 Å². The molecule has 12 rings (SSSR count). The van der Waals surface area contributed by atoms with Crippen molar-refractivity contribution >= 4 is 60.7 Å². The van der Waals surface area contributed by atoms with Crippen LogP contribution in [0, 0.1) is 0 Å². The average Bonchev–Trinajstić information content (AvgIpc) is 3.90. The van der Waals surface area contributed by atoms with Gasteiger partial charge in [0.25, 0.3) is 0 Å². The summed E-state index contributed by atoms with van der Waals surface area (Å²) in [6.07, 6.45) is 9.54. The molecule has 0 spiro atoms. The Balaban J connectivity index is 1.05. The molecule has 1 aliphatic carbocycles. The molecule has 2 heterocycles. The monoisotopic (exact) mass is 831 g/mol. The minimum Gasteiger partial charge on any atom is -0.310 e. The maximum atomic E-state index is 4.87. The van der Waals surface area contributed by atoms with Crippen LogP contribution in [0.25, 0.3) is 55.0 Å². The van der Waals surface area contributed by atoms with E-state index in [1.807, 2.05) is 0 Å². The van der Waals surface area contributed by atoms with Crippen LogP contribution in [0.2, 0.25) is 0 Å². The van der Waals surface area contributed by atoms with Gasteiger partial charge in [0.1, 0.15) is 0 Å². The van der Waals surface area contributed by atoms with Gasteiger partial charge in [0.15, 0.2) is 0 Å². The number of hydrogen-bond donors (Lipinski definition) is 0. The van der Waals surface area contributed by atoms with Crippen molar-refractivity contribution in [3.8, 4) is 11.4 Å². The molecular weight excluding hydrogens is 787 g/mol. The highest BCUT2D eigenvalue weighted by atomic mass is 15.1. The largest absolute Gasteiger partial charge is 0.310 e. The predicted octanol–water partition coefficient (Wildman–Crippen LogP) is 15.9. The Morgan fingerprint density at radius 1 is 0.400 bits per heavy atom. The fraction of sp³-hybridized carbons (Fsp3) is 0.0323. The van der Waals surface area contributed by atoms with Gasteiger partial charge in [-0.3, -0.25) is 0 Å². The molecule has 0 amide bonds. The maximum Gasteiger partial charge on any atom is 0.0699 e. The van der Waals surface area contributed by atoms with Gasteiger partial charge < -0.3 is 14.0 Å². The zero-order valence-corrected chi connectivity index (χ0v) is 35.9. The molecule has 3 heteroatoms. The predicted molar refractivity (Wildman–Crippen MR) is 274 cm³/mol. The van der Waals surface area contributed by atoms with E-state index in [9.17, 15) is 0 Å². The van der Waals surface area contributed by atoms with Crippen molar-refractivity contribution in [2.45, 2.75) is 11.8 Å². The Morgan fingerprint density at radius 3 is 1.40 bits per heavy atom. The quantitative estimate of drug-likeness (QED) is 0.156. The molecule has 9 aromatic carbocycles. The Kier molecular flexibility index (Phi) is 9.28. The summed E-state index contributed by atoms with van der Waals surface area (Å²) in [4.78, 5) is 2.40. The van der Waals surface area contributed by atoms with Gasteiger partial charge in [-0.15, -0.1) is 0 Å². The summed E-state index contributed by atoms with van der Waals surface area (Å²) in [5, 5.41) is 5.00. The fourth-order valence-electron chi connectivity index (χ4n) is 10.6. The zero-order chi connectivity index (χ0) is 43.3. The van der Waals surface area contributed by atoms with Crippen molar-refractivity contribution in [1.82, 2.24) is 9.13 Å². The molecule has 308 valence electrons. The van der Waals surface area contributed by atoms with Crippen LogP contribution in [0.15, 0.2) is 261 Å². The van der Waals surface area contributed by atoms with Crippen molar-refractivity contribution in [3.05, 3.63) is 283 Å². The van der Waals surface area contributed by atoms with Gasteiger partial charge in [0, 0.05) is 50.0 Å². The van der Waals surface area contributed by atoms with E-state index in [1.165, 1.54) is 60.3 Å². The van der Waals surface area contributed by atoms with E-state index in [0.29, 0.717) is 0 Å². The molecule has 1 atom stereocenters. The molecule has 0 fully saturated rings. The summed E-state index contributed by atoms with van der Waals surface area (Å²) < 4.78 is 4.76. The van der Waals surface area contributed by atoms with Crippen LogP contribution in [0.1, 0.15) is 22.3 Å². The lowest BCUT2D eigenvalue weighted by molar-refractivity contribution is 0.737. The Morgan fingerprint density at radius 2 is 0.862 bits per heavy atom. The molecular formula is C62H45N3. The van der Waals surface area contributed by atoms with Crippen LogP contribution < -0.4 is 4.90 Å². The van der Waals surface area contributed by atoms with Crippen molar-refractivity contribution in [1.29, 1.82) is 0 Å². The second-order valence-corrected chi connectivity index (χ2v) is 16.9. The first-order chi connectivity index (χ1) is 32.2. The average molecular weight is 832 g/mol. The molecule has 0 N–H and O–H groups in total. The van der Waals surface area contributed by atoms with Crippen LogP contribution in [-0.4, -0.2) is 9.13 Å². The van der Waals surface area contributed by atoms with Crippen LogP contribution in [0.4, 0.5) is 17.1 Å². The number of hydrogen-bond acceptors (Lipinski definition) is 1. The number of nitrogens with zero attached hydrogens (tertiary/aromatic N) is 3. The van der Waals surface area contributed by atoms with E-state index < -0.39 is 5.41 Å². The molecule has 2 aromatic heterocycles. The van der Waals surface area contributed by atoms with Crippen LogP contribution in [0.5, 0.6) is 0 Å². The number of anilines is 3. The molecule has 1 aliphatic rings. The number of para-hydroxylation sites is 4. The Bertz CT molecular complexity index is 3380. The highest BCUT2D eigenvalue weighted by molar-refractivity contribution is 6.10. The number of benzene rings is 9. The van der Waals surface area contributed by atoms with E-state index in [1.54, 1.807) is 0 Å². The zero-order valence-electron chi connectivity index (χ0n) is 35.9. The van der Waals surface area contributed by atoms with Gasteiger partial charge in [-0.25, -0.2) is 0 Å². The summed E-state index contributed by atoms with van der Waals surface area (Å²) in [5.74, 6) is 0. The lowest BCUT2D eigenvalue weighted by Gasteiger charge is -2.39. The van der Waals surface area contributed by atoms with Crippen molar-refractivity contribution in [2.24, 2.45) is 0 Å². The van der Waals surface area contributed by atoms with Crippen molar-refractivity contribution in [2.75, 3.05) is 4.90 Å². The third-order valence-electron chi connectivity index (χ3n) is 13.4. The molecule has 0 radical (unpaired) electrons. The molecule has 65 heavy (non-hydrogen) atoms. The maximum absolute atomic E-state index is 4.87. The first kappa shape index (κ1) is 38.3. The lowest BCUT2D eigenvalue weighted by atomic mass is 9.63. The minimum atomic E-state index is -0.664. The summed E-state index contributed by atoms with van der Waals surface area (Å²) in [5.41, 5.74) is 15.4. The first-order valence-electron chi connectivity index (χ1n) is 22.4. The van der Waals surface area contributed by atoms with E-state index in [2.05, 4.69) is 263 Å². The standard InChI is InChI=1S/C62H45N3/c1-44-19-4-2-5-20-45-21-8-13-30-57(45)62(44,46-22-6-3-7-23-46)47-24-18-25-52(43-47)63(48-35-39-50(40-36-48)64-58-31-14-9-26-53(58)54-27-10-15-32-59(54)64)49-37-41-51(42-38-49)65-60-33-16-11-28-55(60)56-29-12-17-34-61(56)65/h2-19,21-43H,1,20H2/b5-2-,19-4-. The van der Waals surface area contributed by atoms with E-state index in [-0.39, 0.29) is 0 Å². The Labute approximate surface area is 379 Å². The minimum absolute atomic E-state index is 0.664. The SMILES string of the molecule is C=C1/C=C\C=C/Cc2ccccc2C1(c1ccccc1)c1cccc(N(c2ccc(-n3c4ccccc4c4ccccc43)cc2)c2ccc(-n3c4ccccc4c4ccccc43)cc2)c1. The number of fused-ring (bicyclic) bond motifs is 7. The summed E-state index contributed by atoms with van der Waals surface area (Å²) in [7, 11) is 0. The molecule has 1 unspecified atom stereocenters. The van der Waals surface area contributed by atoms with Crippen molar-refractivity contribution in [3.63, 3.8) is 0 Å². The van der Waals surface area contributed by atoms with Gasteiger partial charge in [-0.2, -0.15) is 0 Å². The second kappa shape index (κ2) is 15.7. The van der Waals surface area contributed by atoms with E-state index >= 15 is 0 Å². The molecule has 0 aliphatic heterocycles. The topological polar surface area (TPSA) is 13.1 Å². The number of allylic oxidation sites excluding steroid dienone is 5. The third kappa shape index (κ3) is 6.19. The van der Waals surface area contributed by atoms with Crippen molar-refractivity contribution < 1.29 is 0 Å². The van der Waals surface area contributed by atoms with E-state index in [4.69, 9.17) is 6.58 Å². The third-order valence-corrected chi connectivity index (χ3v) is 13.4. The number of rotatable bonds is 7. The second-order valence-electron chi connectivity index (χ2n) is 16.9. The summed E-state index contributed by atoms with van der Waals surface area (Å²) in [6, 6.07) is 81.8. The van der Waals surface area contributed by atoms with Crippen LogP contribution in [0.3, 0.4) is 0 Å². The van der Waals surface area contributed by atoms with Gasteiger partial charge in [-0.05, 0) is 119 Å². The summed E-state index contributed by atoms with van der Waals surface area (Å²) in [6.45, 7) is 4.87. The molecule has 11 aromatic rings. The molecule has 0 saturated heterocycles. The highest BCUT2D eigenvalue weighted by Crippen LogP contribution is 2.49. The number of aromatic nitrogens is 2. The molecule has 0 saturated carbocycles. The smallest absolute Gasteiger partial charge is 0.0699 e. The van der Waals surface area contributed by atoms with E-state index in [0.717, 1.165) is 46.0 Å². The van der Waals surface area contributed by atoms with Crippen LogP contribution in [-0.2, 0) is 11.8 Å². The lowest BCUT2D eigenvalue weighted by Crippen LogP contribution is -2.32. The van der Waals surface area contributed by atoms with Crippen LogP contribution >= 0.6 is 0 Å². The molecule has 0 bridgehead atoms. The first-order valence-corrected chi connectivity index (χ1v) is 22.4. The molecule has 3 nitrogen and oxygen atoms in total. The van der Waals surface area contributed by atoms with Gasteiger partial charge in [0.05, 0.1) is 27.5 Å². The fourth-order valence-corrected chi connectivity index (χ4v) is 10.6. The Hall–Kier alpha value is -8.40. The summed E-state index contributed by atoms with van der Waals surface area (Å²) >= 11 is 0. The highest BCUT2D eigenvalue weighted by Gasteiger charge is 2.40. The normalized spacial score (nSPS) is 16.0. The van der Waals surface area contributed by atoms with Gasteiger partial charge in [0.2, 0.25) is 0 Å².